The molecule has 194 valence electrons. The standard InChI is InChI=1S/C27H33N7O2S/c1-17-16-37-24(31-17)21-11-8-12-34(21)25(35)20-13-19(14-22(32-20)33(3)4)23(28)36-26(29)27(2,30)15-18-9-6-5-7-10-18/h5-7,9-10,13-14,16,21,28-29H,8,11-12,15,30H2,1-4H3/t21-,27?/m1/s1. The van der Waals surface area contributed by atoms with Crippen LogP contribution in [-0.4, -0.2) is 58.7 Å². The molecule has 3 aromatic rings. The van der Waals surface area contributed by atoms with Crippen LogP contribution in [0, 0.1) is 17.7 Å². The molecule has 9 nitrogen and oxygen atoms in total. The molecule has 1 aliphatic heterocycles. The molecule has 1 saturated heterocycles. The van der Waals surface area contributed by atoms with Gasteiger partial charge in [0.05, 0.1) is 11.6 Å². The van der Waals surface area contributed by atoms with Crippen molar-refractivity contribution in [1.29, 1.82) is 10.8 Å². The average molecular weight is 520 g/mol. The molecule has 0 aliphatic carbocycles. The van der Waals surface area contributed by atoms with Crippen molar-refractivity contribution < 1.29 is 9.53 Å². The van der Waals surface area contributed by atoms with Crippen LogP contribution in [-0.2, 0) is 11.2 Å². The summed E-state index contributed by atoms with van der Waals surface area (Å²) in [6, 6.07) is 12.8. The largest absolute Gasteiger partial charge is 0.423 e. The lowest BCUT2D eigenvalue weighted by Crippen LogP contribution is -2.48. The predicted octanol–water partition coefficient (Wildman–Crippen LogP) is 4.17. The fourth-order valence-corrected chi connectivity index (χ4v) is 5.25. The number of carbonyl (C=O) groups is 1. The van der Waals surface area contributed by atoms with Crippen molar-refractivity contribution >= 4 is 34.9 Å². The van der Waals surface area contributed by atoms with Gasteiger partial charge in [0.15, 0.2) is 0 Å². The molecule has 2 aromatic heterocycles. The van der Waals surface area contributed by atoms with Gasteiger partial charge in [0.2, 0.25) is 11.8 Å². The number of nitrogens with one attached hydrogen (secondary N) is 2. The Morgan fingerprint density at radius 3 is 2.62 bits per heavy atom. The number of amides is 1. The van der Waals surface area contributed by atoms with Crippen LogP contribution in [0.25, 0.3) is 0 Å². The molecule has 1 aliphatic rings. The Bertz CT molecular complexity index is 1300. The van der Waals surface area contributed by atoms with Gasteiger partial charge in [0.25, 0.3) is 5.91 Å². The van der Waals surface area contributed by atoms with Crippen LogP contribution >= 0.6 is 11.3 Å². The molecule has 4 rings (SSSR count). The molecule has 4 N–H and O–H groups in total. The Morgan fingerprint density at radius 2 is 1.97 bits per heavy atom. The summed E-state index contributed by atoms with van der Waals surface area (Å²) in [5.74, 6) is -0.184. The fourth-order valence-electron chi connectivity index (χ4n) is 4.30. The highest BCUT2D eigenvalue weighted by atomic mass is 32.1. The summed E-state index contributed by atoms with van der Waals surface area (Å²) in [4.78, 5) is 26.4. The zero-order chi connectivity index (χ0) is 26.7. The molecule has 1 amide bonds. The highest BCUT2D eigenvalue weighted by Gasteiger charge is 2.34. The number of aromatic nitrogens is 2. The number of hydrogen-bond acceptors (Lipinski definition) is 9. The van der Waals surface area contributed by atoms with E-state index in [0.29, 0.717) is 24.3 Å². The number of nitrogens with zero attached hydrogens (tertiary/aromatic N) is 4. The van der Waals surface area contributed by atoms with Crippen molar-refractivity contribution in [2.45, 2.75) is 44.7 Å². The lowest BCUT2D eigenvalue weighted by molar-refractivity contribution is 0.0729. The first-order valence-corrected chi connectivity index (χ1v) is 13.0. The summed E-state index contributed by atoms with van der Waals surface area (Å²) in [6.07, 6.45) is 2.13. The van der Waals surface area contributed by atoms with Crippen molar-refractivity contribution in [2.75, 3.05) is 25.5 Å². The van der Waals surface area contributed by atoms with E-state index in [4.69, 9.17) is 21.3 Å². The number of nitrogens with two attached hydrogens (primary N) is 1. The Balaban J connectivity index is 1.56. The molecule has 1 aromatic carbocycles. The average Bonchev–Trinajstić information content (AvgIpc) is 3.52. The molecule has 10 heteroatoms. The second-order valence-corrected chi connectivity index (χ2v) is 10.7. The van der Waals surface area contributed by atoms with Gasteiger partial charge >= 0.3 is 0 Å². The number of benzene rings is 1. The molecular weight excluding hydrogens is 486 g/mol. The topological polar surface area (TPSA) is 132 Å². The van der Waals surface area contributed by atoms with E-state index in [1.54, 1.807) is 35.3 Å². The highest BCUT2D eigenvalue weighted by Crippen LogP contribution is 2.35. The van der Waals surface area contributed by atoms with Crippen LogP contribution in [0.15, 0.2) is 47.8 Å². The number of ether oxygens (including phenoxy) is 1. The maximum Gasteiger partial charge on any atom is 0.273 e. The van der Waals surface area contributed by atoms with Crippen LogP contribution in [0.4, 0.5) is 5.82 Å². The van der Waals surface area contributed by atoms with E-state index in [1.165, 1.54) is 0 Å². The molecule has 0 saturated carbocycles. The van der Waals surface area contributed by atoms with E-state index >= 15 is 0 Å². The first-order chi connectivity index (χ1) is 17.5. The molecule has 37 heavy (non-hydrogen) atoms. The van der Waals surface area contributed by atoms with E-state index in [9.17, 15) is 4.79 Å². The second-order valence-electron chi connectivity index (χ2n) is 9.82. The normalized spacial score (nSPS) is 16.8. The van der Waals surface area contributed by atoms with Crippen molar-refractivity contribution in [3.8, 4) is 0 Å². The fraction of sp³-hybridized carbons (Fsp3) is 0.370. The zero-order valence-electron chi connectivity index (χ0n) is 21.6. The quantitative estimate of drug-likeness (QED) is 0.317. The van der Waals surface area contributed by atoms with Gasteiger partial charge < -0.3 is 20.3 Å². The van der Waals surface area contributed by atoms with E-state index in [-0.39, 0.29) is 29.4 Å². The van der Waals surface area contributed by atoms with Gasteiger partial charge in [-0.3, -0.25) is 15.6 Å². The number of anilines is 1. The van der Waals surface area contributed by atoms with Crippen LogP contribution < -0.4 is 10.6 Å². The third-order valence-electron chi connectivity index (χ3n) is 6.32. The van der Waals surface area contributed by atoms with Gasteiger partial charge in [0, 0.05) is 37.3 Å². The number of hydrogen-bond donors (Lipinski definition) is 3. The maximum absolute atomic E-state index is 13.6. The van der Waals surface area contributed by atoms with Gasteiger partial charge in [-0.1, -0.05) is 30.3 Å². The lowest BCUT2D eigenvalue weighted by Gasteiger charge is -2.26. The maximum atomic E-state index is 13.6. The van der Waals surface area contributed by atoms with Crippen molar-refractivity contribution in [3.63, 3.8) is 0 Å². The van der Waals surface area contributed by atoms with Crippen LogP contribution in [0.3, 0.4) is 0 Å². The minimum Gasteiger partial charge on any atom is -0.423 e. The number of aryl methyl sites for hydroxylation is 1. The third-order valence-corrected chi connectivity index (χ3v) is 7.39. The van der Waals surface area contributed by atoms with Gasteiger partial charge in [-0.15, -0.1) is 11.3 Å². The summed E-state index contributed by atoms with van der Waals surface area (Å²) in [6.45, 7) is 4.27. The SMILES string of the molecule is Cc1csc([C@H]2CCCN2C(=O)c2cc(C(=N)OC(=N)C(C)(N)Cc3ccccc3)cc(N(C)C)n2)n1. The van der Waals surface area contributed by atoms with Gasteiger partial charge in [-0.2, -0.15) is 0 Å². The van der Waals surface area contributed by atoms with E-state index in [0.717, 1.165) is 29.1 Å². The van der Waals surface area contributed by atoms with Gasteiger partial charge in [0.1, 0.15) is 16.5 Å². The molecule has 1 unspecified atom stereocenters. The minimum atomic E-state index is -1.11. The summed E-state index contributed by atoms with van der Waals surface area (Å²) >= 11 is 1.57. The number of likely N-dealkylation sites (tertiary alicyclic amines) is 1. The molecule has 2 atom stereocenters. The Kier molecular flexibility index (Phi) is 7.70. The van der Waals surface area contributed by atoms with E-state index < -0.39 is 5.54 Å². The molecule has 0 spiro atoms. The van der Waals surface area contributed by atoms with E-state index in [2.05, 4.69) is 9.97 Å². The summed E-state index contributed by atoms with van der Waals surface area (Å²) in [7, 11) is 3.64. The summed E-state index contributed by atoms with van der Waals surface area (Å²) in [5, 5.41) is 20.0. The van der Waals surface area contributed by atoms with Gasteiger partial charge in [-0.25, -0.2) is 9.97 Å². The first-order valence-electron chi connectivity index (χ1n) is 12.2. The first kappa shape index (κ1) is 26.4. The minimum absolute atomic E-state index is 0.0840. The third kappa shape index (κ3) is 6.03. The number of pyridine rings is 1. The monoisotopic (exact) mass is 519 g/mol. The molecule has 0 bridgehead atoms. The van der Waals surface area contributed by atoms with Crippen molar-refractivity contribution in [2.24, 2.45) is 5.73 Å². The molecule has 3 heterocycles. The van der Waals surface area contributed by atoms with Crippen molar-refractivity contribution in [3.05, 3.63) is 75.4 Å². The van der Waals surface area contributed by atoms with Crippen molar-refractivity contribution in [1.82, 2.24) is 14.9 Å². The predicted molar refractivity (Wildman–Crippen MR) is 147 cm³/mol. The number of thiazole rings is 1. The van der Waals surface area contributed by atoms with Crippen LogP contribution in [0.1, 0.15) is 58.1 Å². The number of carbonyl (C=O) groups excluding carboxylic acids is 1. The Labute approximate surface area is 221 Å². The summed E-state index contributed by atoms with van der Waals surface area (Å²) < 4.78 is 5.62. The molecule has 0 radical (unpaired) electrons. The van der Waals surface area contributed by atoms with E-state index in [1.807, 2.05) is 61.6 Å². The van der Waals surface area contributed by atoms with Crippen LogP contribution in [0.5, 0.6) is 0 Å². The Hall–Kier alpha value is -3.63. The highest BCUT2D eigenvalue weighted by molar-refractivity contribution is 7.09. The molecule has 1 fully saturated rings. The zero-order valence-corrected chi connectivity index (χ0v) is 22.4. The van der Waals surface area contributed by atoms with Crippen LogP contribution in [0.2, 0.25) is 0 Å². The molecular formula is C27H33N7O2S. The lowest BCUT2D eigenvalue weighted by atomic mass is 9.94. The number of rotatable bonds is 7. The Morgan fingerprint density at radius 1 is 1.24 bits per heavy atom. The second kappa shape index (κ2) is 10.8. The summed E-state index contributed by atoms with van der Waals surface area (Å²) in [5.41, 5.74) is 7.77. The van der Waals surface area contributed by atoms with Gasteiger partial charge in [-0.05, 0) is 50.8 Å². The smallest absolute Gasteiger partial charge is 0.273 e.